The van der Waals surface area contributed by atoms with Crippen LogP contribution in [-0.2, 0) is 0 Å². The van der Waals surface area contributed by atoms with E-state index in [4.69, 9.17) is 16.0 Å². The Hall–Kier alpha value is -1.82. The smallest absolute Gasteiger partial charge is 0.173 e. The first-order valence-corrected chi connectivity index (χ1v) is 6.00. The van der Waals surface area contributed by atoms with Gasteiger partial charge in [0.2, 0.25) is 0 Å². The van der Waals surface area contributed by atoms with Gasteiger partial charge in [-0.2, -0.15) is 0 Å². The molecule has 4 N–H and O–H groups in total. The van der Waals surface area contributed by atoms with E-state index in [2.05, 4.69) is 10.1 Å². The van der Waals surface area contributed by atoms with Gasteiger partial charge in [-0.1, -0.05) is 5.16 Å². The number of nitrogens with zero attached hydrogens (tertiary/aromatic N) is 3. The van der Waals surface area contributed by atoms with Crippen molar-refractivity contribution in [3.8, 4) is 0 Å². The Kier molecular flexibility index (Phi) is 3.66. The lowest BCUT2D eigenvalue weighted by molar-refractivity contribution is 0.301. The molecular formula is C12H18N4O2. The highest BCUT2D eigenvalue weighted by molar-refractivity contribution is 6.01. The van der Waals surface area contributed by atoms with Gasteiger partial charge in [0.15, 0.2) is 5.84 Å². The van der Waals surface area contributed by atoms with E-state index in [1.807, 2.05) is 17.9 Å². The minimum Gasteiger partial charge on any atom is -0.409 e. The number of rotatable bonds is 5. The molecule has 1 aromatic rings. The van der Waals surface area contributed by atoms with E-state index in [0.717, 1.165) is 18.5 Å². The summed E-state index contributed by atoms with van der Waals surface area (Å²) in [5.74, 6) is 0.725. The van der Waals surface area contributed by atoms with Gasteiger partial charge < -0.3 is 20.9 Å². The molecule has 18 heavy (non-hydrogen) atoms. The number of anilines is 1. The highest BCUT2D eigenvalue weighted by Crippen LogP contribution is 2.32. The second-order valence-corrected chi connectivity index (χ2v) is 4.46. The zero-order chi connectivity index (χ0) is 13.1. The van der Waals surface area contributed by atoms with E-state index >= 15 is 0 Å². The lowest BCUT2D eigenvalue weighted by Gasteiger charge is -2.25. The second kappa shape index (κ2) is 5.22. The van der Waals surface area contributed by atoms with E-state index in [-0.39, 0.29) is 12.4 Å². The maximum Gasteiger partial charge on any atom is 0.173 e. The first kappa shape index (κ1) is 12.6. The molecule has 1 aliphatic rings. The van der Waals surface area contributed by atoms with E-state index in [1.165, 1.54) is 0 Å². The first-order chi connectivity index (χ1) is 8.67. The highest BCUT2D eigenvalue weighted by Gasteiger charge is 2.31. The Labute approximate surface area is 106 Å². The van der Waals surface area contributed by atoms with Gasteiger partial charge in [0, 0.05) is 18.3 Å². The summed E-state index contributed by atoms with van der Waals surface area (Å²) in [7, 11) is 0. The summed E-state index contributed by atoms with van der Waals surface area (Å²) in [5, 5.41) is 21.0. The molecule has 2 rings (SSSR count). The summed E-state index contributed by atoms with van der Waals surface area (Å²) in [5.41, 5.74) is 7.13. The van der Waals surface area contributed by atoms with E-state index in [1.54, 1.807) is 6.07 Å². The highest BCUT2D eigenvalue weighted by atomic mass is 16.4. The maximum atomic E-state index is 9.15. The van der Waals surface area contributed by atoms with Crippen LogP contribution in [0.1, 0.15) is 24.1 Å². The number of hydrogen-bond acceptors (Lipinski definition) is 5. The number of oxime groups is 1. The predicted octanol–water partition coefficient (Wildman–Crippen LogP) is 0.446. The van der Waals surface area contributed by atoms with Gasteiger partial charge in [0.1, 0.15) is 5.82 Å². The van der Waals surface area contributed by atoms with Gasteiger partial charge in [0.05, 0.1) is 12.2 Å². The minimum atomic E-state index is 0.0427. The van der Waals surface area contributed by atoms with Crippen LogP contribution in [0.5, 0.6) is 0 Å². The molecule has 1 aromatic heterocycles. The summed E-state index contributed by atoms with van der Waals surface area (Å²) in [4.78, 5) is 6.49. The lowest BCUT2D eigenvalue weighted by Crippen LogP contribution is -2.32. The van der Waals surface area contributed by atoms with Crippen LogP contribution in [0.2, 0.25) is 0 Å². The van der Waals surface area contributed by atoms with Gasteiger partial charge in [0.25, 0.3) is 0 Å². The average molecular weight is 250 g/mol. The molecule has 0 radical (unpaired) electrons. The molecule has 0 unspecified atom stereocenters. The van der Waals surface area contributed by atoms with Crippen molar-refractivity contribution in [2.24, 2.45) is 10.9 Å². The first-order valence-electron chi connectivity index (χ1n) is 6.00. The minimum absolute atomic E-state index is 0.0427. The van der Waals surface area contributed by atoms with Crippen molar-refractivity contribution in [1.82, 2.24) is 4.98 Å². The van der Waals surface area contributed by atoms with Crippen molar-refractivity contribution < 1.29 is 10.3 Å². The van der Waals surface area contributed by atoms with Crippen LogP contribution in [0.3, 0.4) is 0 Å². The fraction of sp³-hybridized carbons (Fsp3) is 0.500. The lowest BCUT2D eigenvalue weighted by atomic mass is 10.2. The average Bonchev–Trinajstić information content (AvgIpc) is 3.19. The topological polar surface area (TPSA) is 95.0 Å². The van der Waals surface area contributed by atoms with E-state index in [9.17, 15) is 0 Å². The van der Waals surface area contributed by atoms with Gasteiger partial charge in [-0.15, -0.1) is 0 Å². The number of hydrogen-bond donors (Lipinski definition) is 3. The third kappa shape index (κ3) is 2.53. The second-order valence-electron chi connectivity index (χ2n) is 4.46. The molecule has 98 valence electrons. The van der Waals surface area contributed by atoms with Crippen molar-refractivity contribution in [3.05, 3.63) is 23.4 Å². The van der Waals surface area contributed by atoms with Crippen LogP contribution in [0.4, 0.5) is 5.82 Å². The van der Waals surface area contributed by atoms with Crippen molar-refractivity contribution in [3.63, 3.8) is 0 Å². The van der Waals surface area contributed by atoms with Crippen LogP contribution in [-0.4, -0.2) is 40.3 Å². The zero-order valence-corrected chi connectivity index (χ0v) is 10.4. The number of aliphatic hydroxyl groups is 1. The summed E-state index contributed by atoms with van der Waals surface area (Å²) in [6.45, 7) is 2.46. The molecule has 1 aliphatic carbocycles. The molecule has 0 aliphatic heterocycles. The van der Waals surface area contributed by atoms with E-state index < -0.39 is 0 Å². The van der Waals surface area contributed by atoms with Crippen LogP contribution in [0, 0.1) is 6.92 Å². The molecule has 0 amide bonds. The van der Waals surface area contributed by atoms with Crippen LogP contribution in [0.15, 0.2) is 17.3 Å². The van der Waals surface area contributed by atoms with Crippen molar-refractivity contribution in [2.75, 3.05) is 18.1 Å². The molecule has 6 nitrogen and oxygen atoms in total. The van der Waals surface area contributed by atoms with Gasteiger partial charge in [-0.3, -0.25) is 0 Å². The van der Waals surface area contributed by atoms with E-state index in [0.29, 0.717) is 24.0 Å². The molecule has 0 bridgehead atoms. The normalized spacial score (nSPS) is 15.8. The number of aryl methyl sites for hydroxylation is 1. The van der Waals surface area contributed by atoms with Crippen LogP contribution >= 0.6 is 0 Å². The molecular weight excluding hydrogens is 232 g/mol. The molecule has 1 saturated carbocycles. The fourth-order valence-corrected chi connectivity index (χ4v) is 1.97. The maximum absolute atomic E-state index is 9.15. The fourth-order valence-electron chi connectivity index (χ4n) is 1.97. The quantitative estimate of drug-likeness (QED) is 0.305. The molecule has 1 heterocycles. The Morgan fingerprint density at radius 2 is 2.28 bits per heavy atom. The van der Waals surface area contributed by atoms with Crippen LogP contribution in [0.25, 0.3) is 0 Å². The van der Waals surface area contributed by atoms with Gasteiger partial charge in [-0.25, -0.2) is 4.98 Å². The monoisotopic (exact) mass is 250 g/mol. The summed E-state index contributed by atoms with van der Waals surface area (Å²) in [6.07, 6.45) is 2.18. The SMILES string of the molecule is Cc1ccc(C(N)=NO)c(N(CCO)C2CC2)n1. The number of aromatic nitrogens is 1. The Morgan fingerprint density at radius 3 is 2.83 bits per heavy atom. The van der Waals surface area contributed by atoms with Crippen molar-refractivity contribution >= 4 is 11.7 Å². The molecule has 1 fully saturated rings. The Morgan fingerprint density at radius 1 is 1.56 bits per heavy atom. The molecule has 0 saturated heterocycles. The number of amidine groups is 1. The third-order valence-electron chi connectivity index (χ3n) is 3.00. The largest absolute Gasteiger partial charge is 0.409 e. The summed E-state index contributed by atoms with van der Waals surface area (Å²) >= 11 is 0. The number of nitrogens with two attached hydrogens (primary N) is 1. The molecule has 6 heteroatoms. The van der Waals surface area contributed by atoms with Crippen molar-refractivity contribution in [2.45, 2.75) is 25.8 Å². The number of pyridine rings is 1. The standard InChI is InChI=1S/C12H18N4O2/c1-8-2-5-10(11(13)15-18)12(14-8)16(6-7-17)9-3-4-9/h2,5,9,17-18H,3-4,6-7H2,1H3,(H2,13,15). The number of aliphatic hydroxyl groups excluding tert-OH is 1. The van der Waals surface area contributed by atoms with Gasteiger partial charge >= 0.3 is 0 Å². The van der Waals surface area contributed by atoms with Crippen LogP contribution < -0.4 is 10.6 Å². The summed E-state index contributed by atoms with van der Waals surface area (Å²) < 4.78 is 0. The zero-order valence-electron chi connectivity index (χ0n) is 10.4. The Bertz CT molecular complexity index is 457. The molecule has 0 aromatic carbocycles. The third-order valence-corrected chi connectivity index (χ3v) is 3.00. The molecule has 0 atom stereocenters. The van der Waals surface area contributed by atoms with Crippen molar-refractivity contribution in [1.29, 1.82) is 0 Å². The Balaban J connectivity index is 2.42. The summed E-state index contributed by atoms with van der Waals surface area (Å²) in [6, 6.07) is 4.01. The predicted molar refractivity (Wildman–Crippen MR) is 68.9 cm³/mol. The molecule has 0 spiro atoms. The van der Waals surface area contributed by atoms with Gasteiger partial charge in [-0.05, 0) is 31.9 Å².